The second-order valence-corrected chi connectivity index (χ2v) is 8.07. The average Bonchev–Trinajstić information content (AvgIpc) is 2.65. The van der Waals surface area contributed by atoms with Crippen LogP contribution in [0.5, 0.6) is 0 Å². The molecule has 2 rings (SSSR count). The first-order chi connectivity index (χ1) is 13.3. The van der Waals surface area contributed by atoms with Crippen molar-refractivity contribution in [3.8, 4) is 0 Å². The minimum Gasteiger partial charge on any atom is -0.356 e. The second kappa shape index (κ2) is 10.1. The van der Waals surface area contributed by atoms with E-state index in [0.717, 1.165) is 29.5 Å². The van der Waals surface area contributed by atoms with Crippen LogP contribution in [0.4, 0.5) is 0 Å². The molecule has 0 spiro atoms. The molecule has 0 unspecified atom stereocenters. The zero-order valence-electron chi connectivity index (χ0n) is 17.0. The Morgan fingerprint density at radius 2 is 1.75 bits per heavy atom. The largest absolute Gasteiger partial charge is 0.356 e. The van der Waals surface area contributed by atoms with Gasteiger partial charge in [0.2, 0.25) is 0 Å². The number of carbonyl (C=O) groups is 1. The molecule has 0 aliphatic rings. The number of guanidine groups is 1. The summed E-state index contributed by atoms with van der Waals surface area (Å²) in [5.74, 6) is 0.651. The molecule has 0 radical (unpaired) electrons. The number of amides is 1. The summed E-state index contributed by atoms with van der Waals surface area (Å²) in [6.07, 6.45) is 0.875. The van der Waals surface area contributed by atoms with Crippen molar-refractivity contribution in [3.05, 3.63) is 70.2 Å². The predicted molar refractivity (Wildman–Crippen MR) is 117 cm³/mol. The van der Waals surface area contributed by atoms with E-state index in [1.807, 2.05) is 69.3 Å². The van der Waals surface area contributed by atoms with Crippen LogP contribution in [0.2, 0.25) is 5.02 Å². The molecular weight excluding hydrogens is 372 g/mol. The van der Waals surface area contributed by atoms with E-state index in [1.165, 1.54) is 5.56 Å². The lowest BCUT2D eigenvalue weighted by atomic mass is 10.1. The lowest BCUT2D eigenvalue weighted by Crippen LogP contribution is -2.40. The van der Waals surface area contributed by atoms with Gasteiger partial charge in [-0.25, -0.2) is 0 Å². The molecule has 3 N–H and O–H groups in total. The molecule has 2 aromatic carbocycles. The highest BCUT2D eigenvalue weighted by Crippen LogP contribution is 2.10. The van der Waals surface area contributed by atoms with Crippen LogP contribution < -0.4 is 16.0 Å². The fraction of sp³-hybridized carbons (Fsp3) is 0.364. The van der Waals surface area contributed by atoms with E-state index in [4.69, 9.17) is 11.6 Å². The highest BCUT2D eigenvalue weighted by Gasteiger charge is 2.15. The van der Waals surface area contributed by atoms with Gasteiger partial charge in [-0.15, -0.1) is 0 Å². The number of hydrogen-bond acceptors (Lipinski definition) is 2. The lowest BCUT2D eigenvalue weighted by Gasteiger charge is -2.20. The molecule has 28 heavy (non-hydrogen) atoms. The van der Waals surface area contributed by atoms with Crippen molar-refractivity contribution in [2.75, 3.05) is 13.6 Å². The lowest BCUT2D eigenvalue weighted by molar-refractivity contribution is 0.0919. The van der Waals surface area contributed by atoms with Crippen molar-refractivity contribution in [3.63, 3.8) is 0 Å². The van der Waals surface area contributed by atoms with Gasteiger partial charge in [-0.2, -0.15) is 0 Å². The maximum absolute atomic E-state index is 12.3. The summed E-state index contributed by atoms with van der Waals surface area (Å²) in [7, 11) is 1.74. The van der Waals surface area contributed by atoms with E-state index in [-0.39, 0.29) is 11.4 Å². The fourth-order valence-electron chi connectivity index (χ4n) is 2.62. The zero-order chi connectivity index (χ0) is 20.6. The molecule has 0 aromatic heterocycles. The standard InChI is InChI=1S/C22H29ClN4O/c1-22(2,3)27-20(28)18-7-5-6-17(14-18)15-26-21(24-4)25-13-12-16-8-10-19(23)11-9-16/h5-11,14H,12-13,15H2,1-4H3,(H,27,28)(H2,24,25,26). The third kappa shape index (κ3) is 7.61. The molecular formula is C22H29ClN4O. The molecule has 0 bridgehead atoms. The van der Waals surface area contributed by atoms with Gasteiger partial charge in [-0.1, -0.05) is 35.9 Å². The summed E-state index contributed by atoms with van der Waals surface area (Å²) >= 11 is 5.91. The van der Waals surface area contributed by atoms with Gasteiger partial charge in [0.25, 0.3) is 5.91 Å². The van der Waals surface area contributed by atoms with Gasteiger partial charge in [0.1, 0.15) is 0 Å². The van der Waals surface area contributed by atoms with Crippen LogP contribution in [-0.4, -0.2) is 31.0 Å². The number of rotatable bonds is 6. The molecule has 150 valence electrons. The Hall–Kier alpha value is -2.53. The number of carbonyl (C=O) groups excluding carboxylic acids is 1. The van der Waals surface area contributed by atoms with E-state index in [2.05, 4.69) is 20.9 Å². The van der Waals surface area contributed by atoms with Crippen molar-refractivity contribution in [1.29, 1.82) is 0 Å². The van der Waals surface area contributed by atoms with Crippen LogP contribution in [-0.2, 0) is 13.0 Å². The van der Waals surface area contributed by atoms with E-state index in [1.54, 1.807) is 7.05 Å². The first-order valence-electron chi connectivity index (χ1n) is 9.37. The first kappa shape index (κ1) is 21.8. The Balaban J connectivity index is 1.85. The van der Waals surface area contributed by atoms with Crippen molar-refractivity contribution < 1.29 is 4.79 Å². The molecule has 0 saturated heterocycles. The summed E-state index contributed by atoms with van der Waals surface area (Å²) in [5.41, 5.74) is 2.62. The molecule has 0 heterocycles. The van der Waals surface area contributed by atoms with Crippen LogP contribution in [0.1, 0.15) is 42.3 Å². The molecule has 6 heteroatoms. The normalized spacial score (nSPS) is 11.8. The van der Waals surface area contributed by atoms with Gasteiger partial charge >= 0.3 is 0 Å². The highest BCUT2D eigenvalue weighted by atomic mass is 35.5. The first-order valence-corrected chi connectivity index (χ1v) is 9.75. The maximum Gasteiger partial charge on any atom is 0.251 e. The van der Waals surface area contributed by atoms with Gasteiger partial charge in [0.15, 0.2) is 5.96 Å². The van der Waals surface area contributed by atoms with Crippen LogP contribution in [0.3, 0.4) is 0 Å². The van der Waals surface area contributed by atoms with Gasteiger partial charge in [0.05, 0.1) is 0 Å². The van der Waals surface area contributed by atoms with Gasteiger partial charge in [-0.05, 0) is 62.6 Å². The maximum atomic E-state index is 12.3. The van der Waals surface area contributed by atoms with Crippen LogP contribution in [0.15, 0.2) is 53.5 Å². The van der Waals surface area contributed by atoms with E-state index in [9.17, 15) is 4.79 Å². The fourth-order valence-corrected chi connectivity index (χ4v) is 2.74. The van der Waals surface area contributed by atoms with Gasteiger partial charge < -0.3 is 16.0 Å². The number of nitrogens with one attached hydrogen (secondary N) is 3. The summed E-state index contributed by atoms with van der Waals surface area (Å²) in [6, 6.07) is 15.4. The smallest absolute Gasteiger partial charge is 0.251 e. The molecule has 2 aromatic rings. The van der Waals surface area contributed by atoms with Gasteiger partial charge in [0, 0.05) is 36.3 Å². The van der Waals surface area contributed by atoms with Crippen molar-refractivity contribution in [2.45, 2.75) is 39.3 Å². The van der Waals surface area contributed by atoms with Crippen LogP contribution in [0.25, 0.3) is 0 Å². The molecule has 5 nitrogen and oxygen atoms in total. The number of hydrogen-bond donors (Lipinski definition) is 3. The number of nitrogens with zero attached hydrogens (tertiary/aromatic N) is 1. The van der Waals surface area contributed by atoms with Crippen molar-refractivity contribution in [2.24, 2.45) is 4.99 Å². The zero-order valence-corrected chi connectivity index (χ0v) is 17.7. The van der Waals surface area contributed by atoms with E-state index < -0.39 is 0 Å². The monoisotopic (exact) mass is 400 g/mol. The Morgan fingerprint density at radius 3 is 2.39 bits per heavy atom. The third-order valence-electron chi connectivity index (χ3n) is 3.98. The molecule has 0 aliphatic heterocycles. The number of aliphatic imine (C=N–C) groups is 1. The molecule has 0 fully saturated rings. The number of halogens is 1. The quantitative estimate of drug-likeness (QED) is 0.510. The van der Waals surface area contributed by atoms with Crippen molar-refractivity contribution >= 4 is 23.5 Å². The Labute approximate surface area is 172 Å². The second-order valence-electron chi connectivity index (χ2n) is 7.63. The van der Waals surface area contributed by atoms with Crippen LogP contribution in [0, 0.1) is 0 Å². The van der Waals surface area contributed by atoms with E-state index >= 15 is 0 Å². The minimum atomic E-state index is -0.263. The molecule has 0 saturated carbocycles. The van der Waals surface area contributed by atoms with Crippen molar-refractivity contribution in [1.82, 2.24) is 16.0 Å². The molecule has 1 amide bonds. The predicted octanol–water partition coefficient (Wildman–Crippen LogP) is 3.78. The molecule has 0 aliphatic carbocycles. The average molecular weight is 401 g/mol. The topological polar surface area (TPSA) is 65.5 Å². The minimum absolute atomic E-state index is 0.0696. The Kier molecular flexibility index (Phi) is 7.88. The summed E-state index contributed by atoms with van der Waals surface area (Å²) in [6.45, 7) is 7.24. The van der Waals surface area contributed by atoms with Gasteiger partial charge in [-0.3, -0.25) is 9.79 Å². The van der Waals surface area contributed by atoms with E-state index in [0.29, 0.717) is 12.1 Å². The highest BCUT2D eigenvalue weighted by molar-refractivity contribution is 6.30. The Bertz CT molecular complexity index is 810. The van der Waals surface area contributed by atoms with Crippen LogP contribution >= 0.6 is 11.6 Å². The summed E-state index contributed by atoms with van der Waals surface area (Å²) in [5, 5.41) is 10.3. The summed E-state index contributed by atoms with van der Waals surface area (Å²) in [4.78, 5) is 16.6. The third-order valence-corrected chi connectivity index (χ3v) is 4.23. The number of benzene rings is 2. The Morgan fingerprint density at radius 1 is 1.04 bits per heavy atom. The SMILES string of the molecule is CN=C(NCCc1ccc(Cl)cc1)NCc1cccc(C(=O)NC(C)(C)C)c1. The summed E-state index contributed by atoms with van der Waals surface area (Å²) < 4.78 is 0. The molecule has 0 atom stereocenters.